The lowest BCUT2D eigenvalue weighted by molar-refractivity contribution is 0.153. The molecule has 0 radical (unpaired) electrons. The number of rotatable bonds is 8. The predicted molar refractivity (Wildman–Crippen MR) is 82.3 cm³/mol. The normalized spacial score (nSPS) is 17.0. The van der Waals surface area contributed by atoms with Crippen molar-refractivity contribution in [2.75, 3.05) is 20.1 Å². The Bertz CT molecular complexity index is 446. The quantitative estimate of drug-likeness (QED) is 0.783. The van der Waals surface area contributed by atoms with Crippen LogP contribution in [0.2, 0.25) is 0 Å². The summed E-state index contributed by atoms with van der Waals surface area (Å²) in [5.74, 6) is -1.47. The highest BCUT2D eigenvalue weighted by molar-refractivity contribution is 5.22. The van der Waals surface area contributed by atoms with Crippen LogP contribution < -0.4 is 5.32 Å². The van der Waals surface area contributed by atoms with E-state index in [-0.39, 0.29) is 6.04 Å². The Morgan fingerprint density at radius 2 is 2.10 bits per heavy atom. The molecule has 0 bridgehead atoms. The lowest BCUT2D eigenvalue weighted by Crippen LogP contribution is -2.39. The Kier molecular flexibility index (Phi) is 6.12. The minimum Gasteiger partial charge on any atom is -0.310 e. The third-order valence-corrected chi connectivity index (χ3v) is 4.47. The van der Waals surface area contributed by atoms with Gasteiger partial charge in [0.2, 0.25) is 0 Å². The number of nitrogens with one attached hydrogen (secondary N) is 1. The van der Waals surface area contributed by atoms with Crippen LogP contribution in [-0.2, 0) is 0 Å². The zero-order valence-electron chi connectivity index (χ0n) is 13.0. The molecule has 0 saturated heterocycles. The van der Waals surface area contributed by atoms with Gasteiger partial charge in [0, 0.05) is 17.6 Å². The lowest BCUT2D eigenvalue weighted by atomic mass is 9.91. The Morgan fingerprint density at radius 1 is 1.33 bits per heavy atom. The predicted octanol–water partition coefficient (Wildman–Crippen LogP) is 3.88. The van der Waals surface area contributed by atoms with Gasteiger partial charge >= 0.3 is 0 Å². The summed E-state index contributed by atoms with van der Waals surface area (Å²) in [7, 11) is 2.13. The van der Waals surface area contributed by atoms with E-state index in [0.717, 1.165) is 25.9 Å². The number of nitrogens with zero attached hydrogens (tertiary/aromatic N) is 1. The molecule has 1 aromatic carbocycles. The number of benzene rings is 1. The Hall–Kier alpha value is -1.00. The van der Waals surface area contributed by atoms with Crippen molar-refractivity contribution < 1.29 is 8.78 Å². The van der Waals surface area contributed by atoms with Crippen LogP contribution in [0.25, 0.3) is 0 Å². The highest BCUT2D eigenvalue weighted by Gasteiger charge is 2.23. The van der Waals surface area contributed by atoms with Crippen LogP contribution >= 0.6 is 0 Å². The van der Waals surface area contributed by atoms with Crippen LogP contribution in [0.4, 0.5) is 8.78 Å². The van der Waals surface area contributed by atoms with Crippen LogP contribution in [0, 0.1) is 11.6 Å². The molecule has 118 valence electrons. The van der Waals surface area contributed by atoms with Gasteiger partial charge in [-0.2, -0.15) is 0 Å². The van der Waals surface area contributed by atoms with Gasteiger partial charge in [0.1, 0.15) is 0 Å². The topological polar surface area (TPSA) is 15.3 Å². The molecule has 1 aromatic rings. The zero-order chi connectivity index (χ0) is 15.2. The van der Waals surface area contributed by atoms with Crippen LogP contribution in [-0.4, -0.2) is 31.1 Å². The molecular formula is C17H26F2N2. The van der Waals surface area contributed by atoms with E-state index in [1.54, 1.807) is 12.1 Å². The molecule has 0 aromatic heterocycles. The van der Waals surface area contributed by atoms with Crippen LogP contribution in [0.3, 0.4) is 0 Å². The van der Waals surface area contributed by atoms with E-state index in [1.165, 1.54) is 25.3 Å². The second-order valence-electron chi connectivity index (χ2n) is 6.00. The molecule has 1 saturated carbocycles. The fourth-order valence-electron chi connectivity index (χ4n) is 2.82. The minimum absolute atomic E-state index is 0.122. The monoisotopic (exact) mass is 296 g/mol. The first-order chi connectivity index (χ1) is 10.1. The highest BCUT2D eigenvalue weighted by atomic mass is 19.2. The average molecular weight is 296 g/mol. The van der Waals surface area contributed by atoms with Crippen molar-refractivity contribution in [3.63, 3.8) is 0 Å². The largest absolute Gasteiger partial charge is 0.310 e. The van der Waals surface area contributed by atoms with Crippen LogP contribution in [0.1, 0.15) is 50.6 Å². The second kappa shape index (κ2) is 7.85. The summed E-state index contributed by atoms with van der Waals surface area (Å²) in [5.41, 5.74) is 0.449. The first-order valence-corrected chi connectivity index (χ1v) is 8.01. The maximum Gasteiger partial charge on any atom is 0.163 e. The molecule has 21 heavy (non-hydrogen) atoms. The molecule has 1 atom stereocenters. The summed E-state index contributed by atoms with van der Waals surface area (Å²) in [6, 6.07) is 5.01. The molecule has 1 unspecified atom stereocenters. The number of hydrogen-bond acceptors (Lipinski definition) is 2. The van der Waals surface area contributed by atoms with E-state index < -0.39 is 11.6 Å². The van der Waals surface area contributed by atoms with Gasteiger partial charge in [0.25, 0.3) is 0 Å². The molecular weight excluding hydrogens is 270 g/mol. The van der Waals surface area contributed by atoms with Gasteiger partial charge in [-0.05, 0) is 51.9 Å². The van der Waals surface area contributed by atoms with Crippen molar-refractivity contribution in [2.45, 2.75) is 51.1 Å². The van der Waals surface area contributed by atoms with Crippen molar-refractivity contribution in [1.82, 2.24) is 10.2 Å². The standard InChI is InChI=1S/C17H26F2N2/c1-3-11-20-16(10-12-21(2)13-6-4-7-13)14-8-5-9-15(18)17(14)19/h5,8-9,13,16,20H,3-4,6-7,10-12H2,1-2H3. The van der Waals surface area contributed by atoms with Crippen molar-refractivity contribution in [3.05, 3.63) is 35.4 Å². The fraction of sp³-hybridized carbons (Fsp3) is 0.647. The van der Waals surface area contributed by atoms with Crippen molar-refractivity contribution in [2.24, 2.45) is 0 Å². The van der Waals surface area contributed by atoms with Gasteiger partial charge in [-0.25, -0.2) is 8.78 Å². The fourth-order valence-corrected chi connectivity index (χ4v) is 2.82. The second-order valence-corrected chi connectivity index (χ2v) is 6.00. The van der Waals surface area contributed by atoms with Gasteiger partial charge in [0.05, 0.1) is 0 Å². The molecule has 1 aliphatic carbocycles. The molecule has 4 heteroatoms. The van der Waals surface area contributed by atoms with E-state index in [9.17, 15) is 8.78 Å². The molecule has 2 rings (SSSR count). The van der Waals surface area contributed by atoms with Crippen LogP contribution in [0.5, 0.6) is 0 Å². The third kappa shape index (κ3) is 4.24. The first-order valence-electron chi connectivity index (χ1n) is 8.01. The maximum atomic E-state index is 14.0. The molecule has 0 amide bonds. The zero-order valence-corrected chi connectivity index (χ0v) is 13.0. The van der Waals surface area contributed by atoms with Crippen molar-refractivity contribution >= 4 is 0 Å². The third-order valence-electron chi connectivity index (χ3n) is 4.47. The molecule has 1 aliphatic rings. The lowest BCUT2D eigenvalue weighted by Gasteiger charge is -2.35. The van der Waals surface area contributed by atoms with Gasteiger partial charge in [-0.15, -0.1) is 0 Å². The smallest absolute Gasteiger partial charge is 0.163 e. The molecule has 1 fully saturated rings. The van der Waals surface area contributed by atoms with Crippen molar-refractivity contribution in [3.8, 4) is 0 Å². The molecule has 0 heterocycles. The summed E-state index contributed by atoms with van der Waals surface area (Å²) in [4.78, 5) is 2.35. The first kappa shape index (κ1) is 16.4. The van der Waals surface area contributed by atoms with Gasteiger partial charge in [-0.3, -0.25) is 0 Å². The van der Waals surface area contributed by atoms with E-state index >= 15 is 0 Å². The average Bonchev–Trinajstić information content (AvgIpc) is 2.41. The highest BCUT2D eigenvalue weighted by Crippen LogP contribution is 2.26. The summed E-state index contributed by atoms with van der Waals surface area (Å²) < 4.78 is 27.5. The van der Waals surface area contributed by atoms with E-state index in [0.29, 0.717) is 11.6 Å². The van der Waals surface area contributed by atoms with Gasteiger partial charge in [-0.1, -0.05) is 25.5 Å². The van der Waals surface area contributed by atoms with E-state index in [2.05, 4.69) is 24.2 Å². The SMILES string of the molecule is CCCNC(CCN(C)C1CCC1)c1cccc(F)c1F. The summed E-state index contributed by atoms with van der Waals surface area (Å²) >= 11 is 0. The van der Waals surface area contributed by atoms with E-state index in [4.69, 9.17) is 0 Å². The van der Waals surface area contributed by atoms with Gasteiger partial charge in [0.15, 0.2) is 11.6 Å². The van der Waals surface area contributed by atoms with Crippen molar-refractivity contribution in [1.29, 1.82) is 0 Å². The molecule has 1 N–H and O–H groups in total. The minimum atomic E-state index is -0.761. The Labute approximate surface area is 126 Å². The van der Waals surface area contributed by atoms with Gasteiger partial charge < -0.3 is 10.2 Å². The Balaban J connectivity index is 2.01. The Morgan fingerprint density at radius 3 is 2.71 bits per heavy atom. The molecule has 0 aliphatic heterocycles. The maximum absolute atomic E-state index is 14.0. The summed E-state index contributed by atoms with van der Waals surface area (Å²) in [6.07, 6.45) is 5.61. The summed E-state index contributed by atoms with van der Waals surface area (Å²) in [5, 5.41) is 3.35. The number of halogens is 2. The number of hydrogen-bond donors (Lipinski definition) is 1. The molecule has 0 spiro atoms. The molecule has 2 nitrogen and oxygen atoms in total. The summed E-state index contributed by atoms with van der Waals surface area (Å²) in [6.45, 7) is 3.79. The van der Waals surface area contributed by atoms with Crippen LogP contribution in [0.15, 0.2) is 18.2 Å². The van der Waals surface area contributed by atoms with E-state index in [1.807, 2.05) is 0 Å².